The Morgan fingerprint density at radius 3 is 2.48 bits per heavy atom. The lowest BCUT2D eigenvalue weighted by molar-refractivity contribution is -0.158. The highest BCUT2D eigenvalue weighted by Crippen LogP contribution is 2.13. The molecule has 25 heavy (non-hydrogen) atoms. The summed E-state index contributed by atoms with van der Waals surface area (Å²) in [5.41, 5.74) is 1.08. The van der Waals surface area contributed by atoms with E-state index in [1.807, 2.05) is 38.1 Å². The highest BCUT2D eigenvalue weighted by atomic mass is 16.6. The Kier molecular flexibility index (Phi) is 9.32. The predicted molar refractivity (Wildman–Crippen MR) is 95.5 cm³/mol. The summed E-state index contributed by atoms with van der Waals surface area (Å²) < 4.78 is 15.6. The van der Waals surface area contributed by atoms with Gasteiger partial charge < -0.3 is 19.5 Å². The van der Waals surface area contributed by atoms with Gasteiger partial charge in [0.25, 0.3) is 5.91 Å². The summed E-state index contributed by atoms with van der Waals surface area (Å²) in [6, 6.07) is 7.73. The number of carbonyl (C=O) groups is 2. The molecule has 1 rings (SSSR count). The third-order valence-corrected chi connectivity index (χ3v) is 3.17. The van der Waals surface area contributed by atoms with E-state index in [0.717, 1.165) is 11.3 Å². The molecule has 1 aromatic carbocycles. The van der Waals surface area contributed by atoms with E-state index in [4.69, 9.17) is 14.2 Å². The Labute approximate surface area is 149 Å². The standard InChI is InChI=1S/C19H27NO5/c1-5-12-23-15(4)19(22)24-13-18(21)20-11-10-16-6-8-17(9-7-16)25-14(2)3/h5-9,14-15H,1,10-13H2,2-4H3,(H,20,21). The number of esters is 1. The Bertz CT molecular complexity index is 553. The van der Waals surface area contributed by atoms with Crippen molar-refractivity contribution in [1.29, 1.82) is 0 Å². The van der Waals surface area contributed by atoms with Crippen LogP contribution in [0.5, 0.6) is 5.75 Å². The van der Waals surface area contributed by atoms with E-state index < -0.39 is 12.1 Å². The Morgan fingerprint density at radius 2 is 1.88 bits per heavy atom. The van der Waals surface area contributed by atoms with Crippen molar-refractivity contribution in [3.05, 3.63) is 42.5 Å². The van der Waals surface area contributed by atoms with Crippen molar-refractivity contribution >= 4 is 11.9 Å². The van der Waals surface area contributed by atoms with Crippen molar-refractivity contribution < 1.29 is 23.8 Å². The molecule has 0 saturated heterocycles. The maximum absolute atomic E-state index is 11.7. The molecule has 1 unspecified atom stereocenters. The van der Waals surface area contributed by atoms with E-state index in [1.165, 1.54) is 6.08 Å². The van der Waals surface area contributed by atoms with E-state index in [9.17, 15) is 9.59 Å². The molecule has 0 heterocycles. The summed E-state index contributed by atoms with van der Waals surface area (Å²) in [6.45, 7) is 9.41. The van der Waals surface area contributed by atoms with Crippen LogP contribution in [0.3, 0.4) is 0 Å². The third-order valence-electron chi connectivity index (χ3n) is 3.17. The second-order valence-corrected chi connectivity index (χ2v) is 5.78. The SMILES string of the molecule is C=CCOC(C)C(=O)OCC(=O)NCCc1ccc(OC(C)C)cc1. The summed E-state index contributed by atoms with van der Waals surface area (Å²) in [4.78, 5) is 23.3. The van der Waals surface area contributed by atoms with Gasteiger partial charge in [-0.1, -0.05) is 18.2 Å². The number of carbonyl (C=O) groups excluding carboxylic acids is 2. The fourth-order valence-corrected chi connectivity index (χ4v) is 1.94. The van der Waals surface area contributed by atoms with Crippen LogP contribution in [0.4, 0.5) is 0 Å². The molecule has 0 aromatic heterocycles. The second-order valence-electron chi connectivity index (χ2n) is 5.78. The van der Waals surface area contributed by atoms with Gasteiger partial charge in [-0.05, 0) is 44.9 Å². The molecule has 0 bridgehead atoms. The molecule has 6 heteroatoms. The predicted octanol–water partition coefficient (Wildman–Crippen LogP) is 2.27. The van der Waals surface area contributed by atoms with E-state index >= 15 is 0 Å². The van der Waals surface area contributed by atoms with Gasteiger partial charge >= 0.3 is 5.97 Å². The molecular weight excluding hydrogens is 322 g/mol. The maximum Gasteiger partial charge on any atom is 0.335 e. The number of rotatable bonds is 11. The quantitative estimate of drug-likeness (QED) is 0.490. The van der Waals surface area contributed by atoms with Gasteiger partial charge in [0, 0.05) is 6.54 Å². The molecule has 1 atom stereocenters. The van der Waals surface area contributed by atoms with Crippen molar-refractivity contribution in [2.45, 2.75) is 39.4 Å². The lowest BCUT2D eigenvalue weighted by Crippen LogP contribution is -2.33. The summed E-state index contributed by atoms with van der Waals surface area (Å²) in [5.74, 6) is -0.0933. The molecule has 138 valence electrons. The maximum atomic E-state index is 11.7. The Morgan fingerprint density at radius 1 is 1.20 bits per heavy atom. The molecule has 1 amide bonds. The van der Waals surface area contributed by atoms with Crippen LogP contribution in [0.2, 0.25) is 0 Å². The summed E-state index contributed by atoms with van der Waals surface area (Å²) in [7, 11) is 0. The van der Waals surface area contributed by atoms with Crippen LogP contribution in [0, 0.1) is 0 Å². The zero-order valence-electron chi connectivity index (χ0n) is 15.1. The highest BCUT2D eigenvalue weighted by molar-refractivity contribution is 5.81. The number of hydrogen-bond acceptors (Lipinski definition) is 5. The fourth-order valence-electron chi connectivity index (χ4n) is 1.94. The normalized spacial score (nSPS) is 11.7. The van der Waals surface area contributed by atoms with E-state index in [2.05, 4.69) is 11.9 Å². The highest BCUT2D eigenvalue weighted by Gasteiger charge is 2.15. The number of benzene rings is 1. The minimum absolute atomic E-state index is 0.137. The first kappa shape index (κ1) is 20.7. The zero-order chi connectivity index (χ0) is 18.7. The average molecular weight is 349 g/mol. The third kappa shape index (κ3) is 8.91. The first-order chi connectivity index (χ1) is 11.9. The van der Waals surface area contributed by atoms with Gasteiger partial charge in [0.15, 0.2) is 12.7 Å². The van der Waals surface area contributed by atoms with Gasteiger partial charge in [0.1, 0.15) is 5.75 Å². The topological polar surface area (TPSA) is 73.9 Å². The molecule has 6 nitrogen and oxygen atoms in total. The van der Waals surface area contributed by atoms with Crippen molar-refractivity contribution in [3.63, 3.8) is 0 Å². The van der Waals surface area contributed by atoms with Gasteiger partial charge in [-0.25, -0.2) is 4.79 Å². The van der Waals surface area contributed by atoms with Crippen molar-refractivity contribution in [3.8, 4) is 5.75 Å². The monoisotopic (exact) mass is 349 g/mol. The van der Waals surface area contributed by atoms with Gasteiger partial charge in [-0.3, -0.25) is 4.79 Å². The molecular formula is C19H27NO5. The van der Waals surface area contributed by atoms with Gasteiger partial charge in [-0.15, -0.1) is 6.58 Å². The van der Waals surface area contributed by atoms with E-state index in [0.29, 0.717) is 13.0 Å². The first-order valence-electron chi connectivity index (χ1n) is 8.33. The molecule has 0 aliphatic carbocycles. The number of amides is 1. The summed E-state index contributed by atoms with van der Waals surface area (Å²) in [6.07, 6.45) is 1.63. The molecule has 0 aliphatic rings. The molecule has 1 aromatic rings. The van der Waals surface area contributed by atoms with Gasteiger partial charge in [0.2, 0.25) is 0 Å². The molecule has 0 radical (unpaired) electrons. The van der Waals surface area contributed by atoms with Crippen molar-refractivity contribution in [2.75, 3.05) is 19.8 Å². The van der Waals surface area contributed by atoms with Crippen LogP contribution in [-0.2, 0) is 25.5 Å². The van der Waals surface area contributed by atoms with Crippen LogP contribution in [0.15, 0.2) is 36.9 Å². The lowest BCUT2D eigenvalue weighted by Gasteiger charge is -2.12. The van der Waals surface area contributed by atoms with E-state index in [1.54, 1.807) is 6.92 Å². The Hall–Kier alpha value is -2.34. The smallest absolute Gasteiger partial charge is 0.335 e. The van der Waals surface area contributed by atoms with Crippen molar-refractivity contribution in [1.82, 2.24) is 5.32 Å². The molecule has 1 N–H and O–H groups in total. The average Bonchev–Trinajstić information content (AvgIpc) is 2.58. The minimum Gasteiger partial charge on any atom is -0.491 e. The van der Waals surface area contributed by atoms with Crippen LogP contribution in [-0.4, -0.2) is 43.8 Å². The summed E-state index contributed by atoms with van der Waals surface area (Å²) in [5, 5.41) is 2.71. The number of nitrogens with one attached hydrogen (secondary N) is 1. The van der Waals surface area contributed by atoms with Crippen LogP contribution in [0.25, 0.3) is 0 Å². The van der Waals surface area contributed by atoms with Crippen LogP contribution in [0.1, 0.15) is 26.3 Å². The second kappa shape index (κ2) is 11.3. The van der Waals surface area contributed by atoms with Crippen LogP contribution < -0.4 is 10.1 Å². The molecule has 0 fully saturated rings. The molecule has 0 saturated carbocycles. The Balaban J connectivity index is 2.23. The lowest BCUT2D eigenvalue weighted by atomic mass is 10.1. The zero-order valence-corrected chi connectivity index (χ0v) is 15.1. The number of ether oxygens (including phenoxy) is 3. The van der Waals surface area contributed by atoms with Crippen molar-refractivity contribution in [2.24, 2.45) is 0 Å². The van der Waals surface area contributed by atoms with Gasteiger partial charge in [0.05, 0.1) is 12.7 Å². The minimum atomic E-state index is -0.725. The fraction of sp³-hybridized carbons (Fsp3) is 0.474. The molecule has 0 aliphatic heterocycles. The summed E-state index contributed by atoms with van der Waals surface area (Å²) >= 11 is 0. The van der Waals surface area contributed by atoms with Gasteiger partial charge in [-0.2, -0.15) is 0 Å². The largest absolute Gasteiger partial charge is 0.491 e. The number of hydrogen-bond donors (Lipinski definition) is 1. The first-order valence-corrected chi connectivity index (χ1v) is 8.33. The molecule has 0 spiro atoms. The van der Waals surface area contributed by atoms with E-state index in [-0.39, 0.29) is 25.2 Å². The van der Waals surface area contributed by atoms with Crippen LogP contribution >= 0.6 is 0 Å².